The summed E-state index contributed by atoms with van der Waals surface area (Å²) < 4.78 is 0. The number of phenolic OH excluding ortho intramolecular Hbond substituents is 2. The zero-order valence-electron chi connectivity index (χ0n) is 29.4. The summed E-state index contributed by atoms with van der Waals surface area (Å²) in [7, 11) is 0. The Kier molecular flexibility index (Phi) is 11.2. The van der Waals surface area contributed by atoms with E-state index in [1.54, 1.807) is 6.92 Å². The molecule has 2 aromatic carbocycles. The smallest absolute Gasteiger partial charge is 0.248 e. The zero-order chi connectivity index (χ0) is 34.0. The van der Waals surface area contributed by atoms with Crippen molar-refractivity contribution in [3.8, 4) is 11.5 Å². The second-order valence-corrected chi connectivity index (χ2v) is 16.1. The van der Waals surface area contributed by atoms with Crippen molar-refractivity contribution in [2.45, 2.75) is 144 Å². The lowest BCUT2D eigenvalue weighted by molar-refractivity contribution is -0.153. The third-order valence-electron chi connectivity index (χ3n) is 7.88. The monoisotopic (exact) mass is 608 g/mol. The van der Waals surface area contributed by atoms with Gasteiger partial charge in [-0.05, 0) is 67.9 Å². The molecule has 0 saturated carbocycles. The topological polar surface area (TPSA) is 107 Å². The fourth-order valence-electron chi connectivity index (χ4n) is 5.19. The van der Waals surface area contributed by atoms with E-state index in [0.717, 1.165) is 38.4 Å². The van der Waals surface area contributed by atoms with Crippen molar-refractivity contribution in [3.05, 3.63) is 57.6 Å². The first kappa shape index (κ1) is 36.8. The van der Waals surface area contributed by atoms with Crippen LogP contribution in [0.3, 0.4) is 0 Å². The van der Waals surface area contributed by atoms with Gasteiger partial charge in [-0.2, -0.15) is 5.01 Å². The van der Waals surface area contributed by atoms with Crippen molar-refractivity contribution in [2.75, 3.05) is 0 Å². The van der Waals surface area contributed by atoms with E-state index in [1.165, 1.54) is 0 Å². The maximum absolute atomic E-state index is 13.3. The number of hydrazine groups is 1. The molecule has 44 heavy (non-hydrogen) atoms. The van der Waals surface area contributed by atoms with Crippen molar-refractivity contribution in [1.29, 1.82) is 0 Å². The lowest BCUT2D eigenvalue weighted by Gasteiger charge is -2.28. The number of rotatable bonds is 7. The van der Waals surface area contributed by atoms with Crippen LogP contribution in [0, 0.1) is 0 Å². The van der Waals surface area contributed by atoms with Crippen LogP contribution < -0.4 is 5.43 Å². The molecule has 0 aliphatic heterocycles. The van der Waals surface area contributed by atoms with Crippen LogP contribution in [0.2, 0.25) is 0 Å². The Morgan fingerprint density at radius 1 is 0.591 bits per heavy atom. The van der Waals surface area contributed by atoms with Crippen LogP contribution in [0.25, 0.3) is 0 Å². The van der Waals surface area contributed by atoms with E-state index in [9.17, 15) is 24.6 Å². The minimum atomic E-state index is -0.484. The zero-order valence-corrected chi connectivity index (χ0v) is 29.4. The molecule has 0 radical (unpaired) electrons. The van der Waals surface area contributed by atoms with Gasteiger partial charge in [0.15, 0.2) is 0 Å². The summed E-state index contributed by atoms with van der Waals surface area (Å²) in [5.41, 5.74) is 6.40. The van der Waals surface area contributed by atoms with E-state index in [-0.39, 0.29) is 52.4 Å². The van der Waals surface area contributed by atoms with Crippen LogP contribution in [0.4, 0.5) is 0 Å². The normalized spacial score (nSPS) is 12.7. The molecule has 3 N–H and O–H groups in total. The quantitative estimate of drug-likeness (QED) is 0.280. The Morgan fingerprint density at radius 3 is 1.20 bits per heavy atom. The van der Waals surface area contributed by atoms with Crippen LogP contribution in [-0.2, 0) is 48.9 Å². The van der Waals surface area contributed by atoms with Crippen molar-refractivity contribution < 1.29 is 24.6 Å². The average molecular weight is 609 g/mol. The molecule has 244 valence electrons. The van der Waals surface area contributed by atoms with E-state index in [0.29, 0.717) is 12.8 Å². The highest BCUT2D eigenvalue weighted by Gasteiger charge is 2.29. The predicted octanol–water partition coefficient (Wildman–Crippen LogP) is 7.65. The average Bonchev–Trinajstić information content (AvgIpc) is 2.87. The number of hydrogen-bond acceptors (Lipinski definition) is 5. The van der Waals surface area contributed by atoms with Gasteiger partial charge in [0, 0.05) is 19.3 Å². The number of aryl methyl sites for hydroxylation is 2. The van der Waals surface area contributed by atoms with Crippen molar-refractivity contribution >= 4 is 17.7 Å². The first-order valence-electron chi connectivity index (χ1n) is 15.8. The summed E-state index contributed by atoms with van der Waals surface area (Å²) >= 11 is 0. The van der Waals surface area contributed by atoms with Crippen LogP contribution in [0.5, 0.6) is 11.5 Å². The first-order chi connectivity index (χ1) is 19.9. The third-order valence-corrected chi connectivity index (χ3v) is 7.88. The number of imide groups is 1. The molecule has 0 aliphatic rings. The largest absolute Gasteiger partial charge is 0.507 e. The van der Waals surface area contributed by atoms with Gasteiger partial charge in [0.2, 0.25) is 17.7 Å². The Morgan fingerprint density at radius 2 is 0.909 bits per heavy atom. The summed E-state index contributed by atoms with van der Waals surface area (Å²) in [5, 5.41) is 22.9. The van der Waals surface area contributed by atoms with E-state index < -0.39 is 17.7 Å². The first-order valence-corrected chi connectivity index (χ1v) is 15.8. The number of aromatic hydroxyl groups is 2. The van der Waals surface area contributed by atoms with Gasteiger partial charge in [-0.1, -0.05) is 114 Å². The number of amides is 3. The van der Waals surface area contributed by atoms with Crippen LogP contribution >= 0.6 is 0 Å². The van der Waals surface area contributed by atoms with E-state index in [1.807, 2.05) is 107 Å². The minimum absolute atomic E-state index is 0.0197. The second-order valence-electron chi connectivity index (χ2n) is 16.1. The third kappa shape index (κ3) is 9.33. The standard InChI is InChI=1S/C37H56N2O5/c1-14-30(41)39(31(42)18-16-24-21-27(36(8,9)10)33(44)28(22-24)37(11,12)13)38-29(40)17-15-23-19-25(34(2,3)4)32(43)26(20-23)35(5,6)7/h19-22,43-44H,14-18H2,1-13H3,(H,38,40). The highest BCUT2D eigenvalue weighted by Crippen LogP contribution is 2.41. The van der Waals surface area contributed by atoms with Gasteiger partial charge in [0.1, 0.15) is 11.5 Å². The number of nitrogens with one attached hydrogen (secondary N) is 1. The maximum atomic E-state index is 13.3. The minimum Gasteiger partial charge on any atom is -0.507 e. The number of hydrogen-bond donors (Lipinski definition) is 3. The van der Waals surface area contributed by atoms with Gasteiger partial charge in [-0.25, -0.2) is 0 Å². The molecular weight excluding hydrogens is 552 g/mol. The van der Waals surface area contributed by atoms with Gasteiger partial charge in [0.05, 0.1) is 0 Å². The molecule has 0 unspecified atom stereocenters. The van der Waals surface area contributed by atoms with Crippen LogP contribution in [0.1, 0.15) is 143 Å². The molecule has 0 fully saturated rings. The molecule has 7 heteroatoms. The molecule has 0 aliphatic carbocycles. The van der Waals surface area contributed by atoms with Crippen molar-refractivity contribution in [1.82, 2.24) is 10.4 Å². The lowest BCUT2D eigenvalue weighted by atomic mass is 9.78. The van der Waals surface area contributed by atoms with Gasteiger partial charge in [-0.15, -0.1) is 0 Å². The molecule has 0 saturated heterocycles. The number of benzene rings is 2. The number of carbonyl (C=O) groups excluding carboxylic acids is 3. The SMILES string of the molecule is CCC(=O)N(NC(=O)CCc1cc(C(C)(C)C)c(O)c(C(C)(C)C)c1)C(=O)CCc1cc(C(C)(C)C)c(O)c(C(C)(C)C)c1. The summed E-state index contributed by atoms with van der Waals surface area (Å²) in [4.78, 5) is 39.2. The fourth-order valence-corrected chi connectivity index (χ4v) is 5.19. The summed E-state index contributed by atoms with van der Waals surface area (Å²) in [6.45, 7) is 26.1. The fraction of sp³-hybridized carbons (Fsp3) is 0.595. The lowest BCUT2D eigenvalue weighted by Crippen LogP contribution is -2.49. The number of carbonyl (C=O) groups is 3. The van der Waals surface area contributed by atoms with E-state index in [2.05, 4.69) is 5.43 Å². The Hall–Kier alpha value is -3.35. The molecule has 0 heterocycles. The summed E-state index contributed by atoms with van der Waals surface area (Å²) in [6.07, 6.45) is 0.897. The Balaban J connectivity index is 2.25. The van der Waals surface area contributed by atoms with Crippen LogP contribution in [-0.4, -0.2) is 32.9 Å². The molecule has 0 atom stereocenters. The summed E-state index contributed by atoms with van der Waals surface area (Å²) in [6, 6.07) is 7.73. The van der Waals surface area contributed by atoms with E-state index in [4.69, 9.17) is 0 Å². The molecule has 2 rings (SSSR count). The Labute approximate surface area is 265 Å². The highest BCUT2D eigenvalue weighted by molar-refractivity contribution is 5.97. The molecule has 0 bridgehead atoms. The Bertz CT molecular complexity index is 1310. The maximum Gasteiger partial charge on any atom is 0.248 e. The molecule has 3 amide bonds. The van der Waals surface area contributed by atoms with Gasteiger partial charge < -0.3 is 10.2 Å². The number of phenols is 2. The van der Waals surface area contributed by atoms with Gasteiger partial charge in [-0.3, -0.25) is 19.8 Å². The molecule has 7 nitrogen and oxygen atoms in total. The van der Waals surface area contributed by atoms with Crippen LogP contribution in [0.15, 0.2) is 24.3 Å². The van der Waals surface area contributed by atoms with Crippen molar-refractivity contribution in [2.24, 2.45) is 0 Å². The van der Waals surface area contributed by atoms with Gasteiger partial charge in [0.25, 0.3) is 0 Å². The predicted molar refractivity (Wildman–Crippen MR) is 178 cm³/mol. The molecule has 0 spiro atoms. The van der Waals surface area contributed by atoms with Crippen molar-refractivity contribution in [3.63, 3.8) is 0 Å². The van der Waals surface area contributed by atoms with E-state index >= 15 is 0 Å². The molecular formula is C37H56N2O5. The van der Waals surface area contributed by atoms with Gasteiger partial charge >= 0.3 is 0 Å². The second kappa shape index (κ2) is 13.3. The molecule has 0 aromatic heterocycles. The molecule has 2 aromatic rings. The highest BCUT2D eigenvalue weighted by atomic mass is 16.3. The number of nitrogens with zero attached hydrogens (tertiary/aromatic N) is 1. The summed E-state index contributed by atoms with van der Waals surface area (Å²) in [5.74, 6) is -0.844.